The van der Waals surface area contributed by atoms with E-state index >= 15 is 0 Å². The molecule has 0 aromatic rings. The molecule has 0 aromatic heterocycles. The predicted molar refractivity (Wildman–Crippen MR) is 122 cm³/mol. The molecule has 1 aliphatic heterocycles. The minimum Gasteiger partial charge on any atom is -0.465 e. The van der Waals surface area contributed by atoms with Gasteiger partial charge in [-0.2, -0.15) is 0 Å². The second-order valence-corrected chi connectivity index (χ2v) is 10.9. The molecule has 2 aliphatic rings. The molecule has 1 aliphatic carbocycles. The number of carbonyl (C=O) groups excluding carboxylic acids is 4. The Bertz CT molecular complexity index is 914. The Morgan fingerprint density at radius 2 is 1.65 bits per heavy atom. The molecular formula is C23H34F4N4O6. The van der Waals surface area contributed by atoms with E-state index in [4.69, 9.17) is 5.11 Å². The zero-order chi connectivity index (χ0) is 28.3. The third-order valence-electron chi connectivity index (χ3n) is 6.19. The number of hydrogen-bond donors (Lipinski definition) is 4. The number of nitrogens with zero attached hydrogens (tertiary/aromatic N) is 1. The SMILES string of the molecule is CC(F)(F)CC[C@H](NC(=O)C1CC(F)(F)CCN1C(=O)C(NC(=O)O)C(C)(C)C)C(=O)C(=O)NC1CC1. The second-order valence-electron chi connectivity index (χ2n) is 10.9. The molecule has 14 heteroatoms. The second kappa shape index (κ2) is 11.2. The third kappa shape index (κ3) is 9.15. The van der Waals surface area contributed by atoms with Crippen LogP contribution >= 0.6 is 0 Å². The molecule has 0 bridgehead atoms. The smallest absolute Gasteiger partial charge is 0.405 e. The molecule has 2 rings (SSSR count). The van der Waals surface area contributed by atoms with Crippen LogP contribution in [0.3, 0.4) is 0 Å². The molecule has 4 N–H and O–H groups in total. The lowest BCUT2D eigenvalue weighted by Crippen LogP contribution is -2.63. The molecule has 2 fully saturated rings. The van der Waals surface area contributed by atoms with Crippen molar-refractivity contribution in [2.45, 2.75) is 102 Å². The van der Waals surface area contributed by atoms with E-state index in [0.29, 0.717) is 19.8 Å². The largest absolute Gasteiger partial charge is 0.465 e. The molecule has 1 heterocycles. The van der Waals surface area contributed by atoms with Crippen molar-refractivity contribution in [3.05, 3.63) is 0 Å². The summed E-state index contributed by atoms with van der Waals surface area (Å²) in [6.45, 7) is 4.61. The highest BCUT2D eigenvalue weighted by Crippen LogP contribution is 2.34. The fraction of sp³-hybridized carbons (Fsp3) is 0.783. The highest BCUT2D eigenvalue weighted by molar-refractivity contribution is 6.38. The number of hydrogen-bond acceptors (Lipinski definition) is 5. The highest BCUT2D eigenvalue weighted by Gasteiger charge is 2.49. The summed E-state index contributed by atoms with van der Waals surface area (Å²) in [7, 11) is 0. The van der Waals surface area contributed by atoms with Gasteiger partial charge in [-0.1, -0.05) is 20.8 Å². The van der Waals surface area contributed by atoms with E-state index in [1.54, 1.807) is 0 Å². The summed E-state index contributed by atoms with van der Waals surface area (Å²) >= 11 is 0. The number of rotatable bonds is 10. The van der Waals surface area contributed by atoms with Gasteiger partial charge in [-0.15, -0.1) is 0 Å². The van der Waals surface area contributed by atoms with Crippen molar-refractivity contribution < 1.29 is 46.6 Å². The Hall–Kier alpha value is -2.93. The van der Waals surface area contributed by atoms with Crippen molar-refractivity contribution in [3.63, 3.8) is 0 Å². The van der Waals surface area contributed by atoms with Crippen LogP contribution in [-0.2, 0) is 19.2 Å². The van der Waals surface area contributed by atoms with Crippen molar-refractivity contribution in [1.29, 1.82) is 0 Å². The van der Waals surface area contributed by atoms with Crippen LogP contribution in [0.1, 0.15) is 66.2 Å². The molecule has 0 aromatic carbocycles. The van der Waals surface area contributed by atoms with Crippen LogP contribution in [0.4, 0.5) is 22.4 Å². The fourth-order valence-corrected chi connectivity index (χ4v) is 3.95. The lowest BCUT2D eigenvalue weighted by Gasteiger charge is -2.42. The number of carbonyl (C=O) groups is 5. The van der Waals surface area contributed by atoms with Gasteiger partial charge in [-0.25, -0.2) is 22.4 Å². The van der Waals surface area contributed by atoms with E-state index in [0.717, 1.165) is 4.90 Å². The standard InChI is InChI=1S/C23H34F4N4O6/c1-21(2,3)16(30-20(36)37)19(35)31-10-9-23(26,27)11-14(31)17(33)29-13(7-8-22(4,24)25)15(32)18(34)28-12-5-6-12/h12-14,16,30H,5-11H2,1-4H3,(H,28,34)(H,29,33)(H,36,37)/t13-,14?,16?/m0/s1. The first-order valence-electron chi connectivity index (χ1n) is 12.0. The number of Topliss-reactive ketones (excluding diaryl/α,β-unsaturated/α-hetero) is 1. The Morgan fingerprint density at radius 3 is 2.14 bits per heavy atom. The molecule has 4 amide bonds. The Balaban J connectivity index is 2.30. The minimum absolute atomic E-state index is 0.235. The molecular weight excluding hydrogens is 504 g/mol. The van der Waals surface area contributed by atoms with Crippen LogP contribution in [-0.4, -0.2) is 82.2 Å². The maximum atomic E-state index is 14.3. The molecule has 10 nitrogen and oxygen atoms in total. The van der Waals surface area contributed by atoms with Crippen LogP contribution in [0.15, 0.2) is 0 Å². The first-order valence-corrected chi connectivity index (χ1v) is 12.0. The van der Waals surface area contributed by atoms with Gasteiger partial charge in [0, 0.05) is 31.8 Å². The van der Waals surface area contributed by atoms with E-state index < -0.39 is 97.2 Å². The first-order chi connectivity index (χ1) is 16.8. The molecule has 2 unspecified atom stereocenters. The highest BCUT2D eigenvalue weighted by atomic mass is 19.3. The normalized spacial score (nSPS) is 21.4. The van der Waals surface area contributed by atoms with Crippen molar-refractivity contribution >= 4 is 29.6 Å². The van der Waals surface area contributed by atoms with Crippen molar-refractivity contribution in [2.24, 2.45) is 5.41 Å². The Labute approximate surface area is 211 Å². The average molecular weight is 539 g/mol. The summed E-state index contributed by atoms with van der Waals surface area (Å²) in [5.41, 5.74) is -0.997. The van der Waals surface area contributed by atoms with Crippen molar-refractivity contribution in [3.8, 4) is 0 Å². The van der Waals surface area contributed by atoms with Gasteiger partial charge < -0.3 is 26.0 Å². The summed E-state index contributed by atoms with van der Waals surface area (Å²) in [6.07, 6.45) is -3.71. The maximum absolute atomic E-state index is 14.3. The summed E-state index contributed by atoms with van der Waals surface area (Å²) in [5.74, 6) is -11.1. The van der Waals surface area contributed by atoms with Crippen molar-refractivity contribution in [2.75, 3.05) is 6.54 Å². The van der Waals surface area contributed by atoms with Gasteiger partial charge in [-0.05, 0) is 31.6 Å². The van der Waals surface area contributed by atoms with Crippen molar-refractivity contribution in [1.82, 2.24) is 20.9 Å². The quantitative estimate of drug-likeness (QED) is 0.248. The fourth-order valence-electron chi connectivity index (χ4n) is 3.95. The molecule has 210 valence electrons. The number of alkyl halides is 4. The topological polar surface area (TPSA) is 145 Å². The van der Waals surface area contributed by atoms with Crippen LogP contribution in [0.5, 0.6) is 0 Å². The Morgan fingerprint density at radius 1 is 1.05 bits per heavy atom. The maximum Gasteiger partial charge on any atom is 0.405 e. The van der Waals surface area contributed by atoms with Gasteiger partial charge in [0.15, 0.2) is 0 Å². The zero-order valence-electron chi connectivity index (χ0n) is 21.2. The van der Waals surface area contributed by atoms with E-state index in [9.17, 15) is 41.5 Å². The third-order valence-corrected chi connectivity index (χ3v) is 6.19. The lowest BCUT2D eigenvalue weighted by atomic mass is 9.84. The number of likely N-dealkylation sites (tertiary alicyclic amines) is 1. The summed E-state index contributed by atoms with van der Waals surface area (Å²) in [6, 6.07) is -5.20. The van der Waals surface area contributed by atoms with Crippen LogP contribution < -0.4 is 16.0 Å². The number of ketones is 1. The summed E-state index contributed by atoms with van der Waals surface area (Å²) < 4.78 is 55.6. The van der Waals surface area contributed by atoms with E-state index in [1.165, 1.54) is 20.8 Å². The monoisotopic (exact) mass is 538 g/mol. The predicted octanol–water partition coefficient (Wildman–Crippen LogP) is 2.06. The Kier molecular flexibility index (Phi) is 9.18. The number of nitrogens with one attached hydrogen (secondary N) is 3. The van der Waals surface area contributed by atoms with Gasteiger partial charge in [0.05, 0.1) is 6.04 Å². The minimum atomic E-state index is -3.37. The molecule has 0 spiro atoms. The number of piperidine rings is 1. The van der Waals surface area contributed by atoms with Gasteiger partial charge in [-0.3, -0.25) is 19.2 Å². The van der Waals surface area contributed by atoms with E-state index in [-0.39, 0.29) is 6.04 Å². The number of amides is 4. The number of carboxylic acid groups (broad SMARTS) is 1. The first kappa shape index (κ1) is 30.3. The zero-order valence-corrected chi connectivity index (χ0v) is 21.2. The van der Waals surface area contributed by atoms with E-state index in [2.05, 4.69) is 10.6 Å². The van der Waals surface area contributed by atoms with Gasteiger partial charge in [0.25, 0.3) is 11.8 Å². The summed E-state index contributed by atoms with van der Waals surface area (Å²) in [5, 5.41) is 15.7. The molecule has 1 saturated heterocycles. The van der Waals surface area contributed by atoms with Gasteiger partial charge in [0.2, 0.25) is 23.5 Å². The van der Waals surface area contributed by atoms with Crippen LogP contribution in [0, 0.1) is 5.41 Å². The molecule has 1 saturated carbocycles. The van der Waals surface area contributed by atoms with Crippen LogP contribution in [0.2, 0.25) is 0 Å². The average Bonchev–Trinajstić information content (AvgIpc) is 3.55. The summed E-state index contributed by atoms with van der Waals surface area (Å²) in [4.78, 5) is 63.4. The molecule has 37 heavy (non-hydrogen) atoms. The molecule has 3 atom stereocenters. The molecule has 0 radical (unpaired) electrons. The van der Waals surface area contributed by atoms with E-state index in [1.807, 2.05) is 5.32 Å². The van der Waals surface area contributed by atoms with Crippen LogP contribution in [0.25, 0.3) is 0 Å². The number of halogens is 4. The van der Waals surface area contributed by atoms with Gasteiger partial charge >= 0.3 is 6.09 Å². The lowest BCUT2D eigenvalue weighted by molar-refractivity contribution is -0.156. The van der Waals surface area contributed by atoms with Gasteiger partial charge in [0.1, 0.15) is 12.1 Å².